The maximum atomic E-state index is 4.52. The number of benzene rings is 2. The van der Waals surface area contributed by atoms with Crippen LogP contribution in [0.15, 0.2) is 42.5 Å². The Morgan fingerprint density at radius 3 is 2.60 bits per heavy atom. The molecule has 1 unspecified atom stereocenters. The van der Waals surface area contributed by atoms with E-state index in [2.05, 4.69) is 77.2 Å². The molecule has 0 fully saturated rings. The zero-order valence-electron chi connectivity index (χ0n) is 11.6. The van der Waals surface area contributed by atoms with Gasteiger partial charge in [-0.1, -0.05) is 58.4 Å². The van der Waals surface area contributed by atoms with Gasteiger partial charge in [-0.05, 0) is 36.6 Å². The quantitative estimate of drug-likeness (QED) is 0.563. The van der Waals surface area contributed by atoms with Gasteiger partial charge in [-0.3, -0.25) is 0 Å². The van der Waals surface area contributed by atoms with Crippen molar-refractivity contribution in [1.82, 2.24) is 4.98 Å². The van der Waals surface area contributed by atoms with Crippen LogP contribution in [0.2, 0.25) is 0 Å². The minimum Gasteiger partial charge on any atom is -0.247 e. The molecule has 0 amide bonds. The second-order valence-electron chi connectivity index (χ2n) is 4.99. The summed E-state index contributed by atoms with van der Waals surface area (Å²) in [4.78, 5) is 6.20. The van der Waals surface area contributed by atoms with Gasteiger partial charge in [0.1, 0.15) is 0 Å². The molecule has 1 nitrogen and oxygen atoms in total. The van der Waals surface area contributed by atoms with Crippen molar-refractivity contribution < 1.29 is 0 Å². The molecule has 0 bridgehead atoms. The predicted molar refractivity (Wildman–Crippen MR) is 90.9 cm³/mol. The van der Waals surface area contributed by atoms with Crippen LogP contribution >= 0.6 is 27.3 Å². The lowest BCUT2D eigenvalue weighted by Crippen LogP contribution is -1.96. The van der Waals surface area contributed by atoms with Gasteiger partial charge in [0.05, 0.1) is 15.5 Å². The standard InChI is InChI=1S/C17H16BrNS/c1-11-17(20-12(2)19-11)16(18)10-14-8-5-7-13-6-3-4-9-15(13)14/h3-9,16H,10H2,1-2H3. The highest BCUT2D eigenvalue weighted by Crippen LogP contribution is 2.35. The molecule has 102 valence electrons. The second kappa shape index (κ2) is 5.66. The Hall–Kier alpha value is -1.19. The molecule has 3 heteroatoms. The van der Waals surface area contributed by atoms with E-state index < -0.39 is 0 Å². The van der Waals surface area contributed by atoms with Gasteiger partial charge < -0.3 is 0 Å². The van der Waals surface area contributed by atoms with Crippen molar-refractivity contribution in [1.29, 1.82) is 0 Å². The van der Waals surface area contributed by atoms with E-state index in [0.29, 0.717) is 4.83 Å². The van der Waals surface area contributed by atoms with Crippen LogP contribution in [0.3, 0.4) is 0 Å². The molecule has 0 radical (unpaired) electrons. The normalized spacial score (nSPS) is 12.8. The third-order valence-electron chi connectivity index (χ3n) is 3.50. The number of halogens is 1. The lowest BCUT2D eigenvalue weighted by molar-refractivity contribution is 0.958. The van der Waals surface area contributed by atoms with Crippen LogP contribution in [0.4, 0.5) is 0 Å². The molecule has 0 aliphatic carbocycles. The van der Waals surface area contributed by atoms with Crippen LogP contribution in [0.1, 0.15) is 26.0 Å². The summed E-state index contributed by atoms with van der Waals surface area (Å²) in [6, 6.07) is 15.1. The minimum absolute atomic E-state index is 0.333. The number of aromatic nitrogens is 1. The van der Waals surface area contributed by atoms with Crippen LogP contribution in [0.5, 0.6) is 0 Å². The number of thiazole rings is 1. The topological polar surface area (TPSA) is 12.9 Å². The SMILES string of the molecule is Cc1nc(C)c(C(Br)Cc2cccc3ccccc23)s1. The number of fused-ring (bicyclic) bond motifs is 1. The van der Waals surface area contributed by atoms with Crippen LogP contribution in [-0.4, -0.2) is 4.98 Å². The molecule has 2 aromatic carbocycles. The summed E-state index contributed by atoms with van der Waals surface area (Å²) in [5, 5.41) is 3.79. The van der Waals surface area contributed by atoms with Gasteiger partial charge in [-0.15, -0.1) is 11.3 Å². The van der Waals surface area contributed by atoms with Crippen molar-refractivity contribution in [2.24, 2.45) is 0 Å². The highest BCUT2D eigenvalue weighted by atomic mass is 79.9. The smallest absolute Gasteiger partial charge is 0.0900 e. The maximum absolute atomic E-state index is 4.52. The largest absolute Gasteiger partial charge is 0.247 e. The van der Waals surface area contributed by atoms with E-state index in [1.807, 2.05) is 0 Å². The lowest BCUT2D eigenvalue weighted by atomic mass is 10.0. The second-order valence-corrected chi connectivity index (χ2v) is 7.33. The van der Waals surface area contributed by atoms with E-state index in [1.54, 1.807) is 11.3 Å². The number of hydrogen-bond acceptors (Lipinski definition) is 2. The number of nitrogens with zero attached hydrogens (tertiary/aromatic N) is 1. The molecule has 3 rings (SSSR count). The molecular weight excluding hydrogens is 330 g/mol. The highest BCUT2D eigenvalue weighted by Gasteiger charge is 2.16. The Labute approximate surface area is 131 Å². The Bertz CT molecular complexity index is 742. The molecule has 0 spiro atoms. The third kappa shape index (κ3) is 2.65. The predicted octanol–water partition coefficient (Wildman–Crippen LogP) is 5.59. The van der Waals surface area contributed by atoms with Gasteiger partial charge in [0.25, 0.3) is 0 Å². The molecule has 1 aromatic heterocycles. The van der Waals surface area contributed by atoms with Crippen molar-refractivity contribution in [3.63, 3.8) is 0 Å². The van der Waals surface area contributed by atoms with Crippen LogP contribution in [0, 0.1) is 13.8 Å². The van der Waals surface area contributed by atoms with E-state index in [1.165, 1.54) is 21.2 Å². The first-order valence-electron chi connectivity index (χ1n) is 6.70. The summed E-state index contributed by atoms with van der Waals surface area (Å²) >= 11 is 5.63. The van der Waals surface area contributed by atoms with Crippen molar-refractivity contribution in [3.8, 4) is 0 Å². The van der Waals surface area contributed by atoms with Crippen molar-refractivity contribution in [2.45, 2.75) is 25.1 Å². The molecular formula is C17H16BrNS. The molecule has 0 saturated heterocycles. The van der Waals surface area contributed by atoms with Crippen molar-refractivity contribution in [3.05, 3.63) is 63.6 Å². The molecule has 0 saturated carbocycles. The van der Waals surface area contributed by atoms with Crippen LogP contribution in [0.25, 0.3) is 10.8 Å². The first-order chi connectivity index (χ1) is 9.65. The zero-order chi connectivity index (χ0) is 14.1. The van der Waals surface area contributed by atoms with E-state index in [0.717, 1.165) is 17.1 Å². The first kappa shape index (κ1) is 13.8. The van der Waals surface area contributed by atoms with E-state index in [-0.39, 0.29) is 0 Å². The van der Waals surface area contributed by atoms with E-state index in [4.69, 9.17) is 0 Å². The average molecular weight is 346 g/mol. The monoisotopic (exact) mass is 345 g/mol. The third-order valence-corrected chi connectivity index (χ3v) is 5.77. The fourth-order valence-electron chi connectivity index (χ4n) is 2.59. The van der Waals surface area contributed by atoms with Gasteiger partial charge in [0.2, 0.25) is 0 Å². The fourth-order valence-corrected chi connectivity index (χ4v) is 4.46. The Kier molecular flexibility index (Phi) is 3.90. The molecule has 0 aliphatic rings. The summed E-state index contributed by atoms with van der Waals surface area (Å²) in [5.74, 6) is 0. The van der Waals surface area contributed by atoms with Gasteiger partial charge in [0, 0.05) is 4.88 Å². The zero-order valence-corrected chi connectivity index (χ0v) is 14.0. The molecule has 3 aromatic rings. The average Bonchev–Trinajstić information content (AvgIpc) is 2.78. The Morgan fingerprint density at radius 1 is 1.10 bits per heavy atom. The van der Waals surface area contributed by atoms with Crippen molar-refractivity contribution in [2.75, 3.05) is 0 Å². The fraction of sp³-hybridized carbons (Fsp3) is 0.235. The summed E-state index contributed by atoms with van der Waals surface area (Å²) in [6.45, 7) is 4.16. The summed E-state index contributed by atoms with van der Waals surface area (Å²) in [7, 11) is 0. The number of rotatable bonds is 3. The lowest BCUT2D eigenvalue weighted by Gasteiger charge is -2.11. The van der Waals surface area contributed by atoms with Crippen LogP contribution in [-0.2, 0) is 6.42 Å². The Morgan fingerprint density at radius 2 is 1.85 bits per heavy atom. The van der Waals surface area contributed by atoms with Gasteiger partial charge in [-0.2, -0.15) is 0 Å². The summed E-state index contributed by atoms with van der Waals surface area (Å²) in [6.07, 6.45) is 0.990. The van der Waals surface area contributed by atoms with Gasteiger partial charge >= 0.3 is 0 Å². The number of aryl methyl sites for hydroxylation is 2. The molecule has 0 aliphatic heterocycles. The molecule has 0 N–H and O–H groups in total. The summed E-state index contributed by atoms with van der Waals surface area (Å²) < 4.78 is 0. The molecule has 1 atom stereocenters. The van der Waals surface area contributed by atoms with Crippen molar-refractivity contribution >= 4 is 38.0 Å². The molecule has 20 heavy (non-hydrogen) atoms. The molecule has 1 heterocycles. The Balaban J connectivity index is 1.95. The maximum Gasteiger partial charge on any atom is 0.0900 e. The first-order valence-corrected chi connectivity index (χ1v) is 8.43. The highest BCUT2D eigenvalue weighted by molar-refractivity contribution is 9.09. The van der Waals surface area contributed by atoms with Crippen LogP contribution < -0.4 is 0 Å². The minimum atomic E-state index is 0.333. The number of alkyl halides is 1. The van der Waals surface area contributed by atoms with Gasteiger partial charge in [-0.25, -0.2) is 4.98 Å². The van der Waals surface area contributed by atoms with E-state index >= 15 is 0 Å². The van der Waals surface area contributed by atoms with Gasteiger partial charge in [0.15, 0.2) is 0 Å². The summed E-state index contributed by atoms with van der Waals surface area (Å²) in [5.41, 5.74) is 2.53. The number of hydrogen-bond donors (Lipinski definition) is 0. The van der Waals surface area contributed by atoms with E-state index in [9.17, 15) is 0 Å².